The lowest BCUT2D eigenvalue weighted by Crippen LogP contribution is -2.47. The molecule has 1 aromatic rings. The topological polar surface area (TPSA) is 58.6 Å². The van der Waals surface area contributed by atoms with E-state index in [0.717, 1.165) is 44.4 Å². The molecule has 1 aliphatic carbocycles. The lowest BCUT2D eigenvalue weighted by Gasteiger charge is -2.33. The lowest BCUT2D eigenvalue weighted by molar-refractivity contribution is -0.0301. The summed E-state index contributed by atoms with van der Waals surface area (Å²) in [7, 11) is -3.11. The molecule has 1 saturated carbocycles. The molecule has 5 nitrogen and oxygen atoms in total. The molecule has 2 aliphatic rings. The van der Waals surface area contributed by atoms with Gasteiger partial charge in [-0.1, -0.05) is 12.1 Å². The van der Waals surface area contributed by atoms with E-state index in [1.165, 1.54) is 19.1 Å². The van der Waals surface area contributed by atoms with Crippen LogP contribution in [0.3, 0.4) is 0 Å². The fourth-order valence-electron chi connectivity index (χ4n) is 2.87. The molecule has 122 valence electrons. The van der Waals surface area contributed by atoms with Crippen LogP contribution in [0.4, 0.5) is 0 Å². The van der Waals surface area contributed by atoms with Crippen LogP contribution in [-0.2, 0) is 21.1 Å². The van der Waals surface area contributed by atoms with E-state index in [1.807, 2.05) is 12.1 Å². The van der Waals surface area contributed by atoms with Gasteiger partial charge in [-0.2, -0.15) is 0 Å². The van der Waals surface area contributed by atoms with Gasteiger partial charge >= 0.3 is 0 Å². The zero-order valence-corrected chi connectivity index (χ0v) is 13.8. The van der Waals surface area contributed by atoms with Gasteiger partial charge in [0, 0.05) is 38.5 Å². The fourth-order valence-corrected chi connectivity index (χ4v) is 3.50. The summed E-state index contributed by atoms with van der Waals surface area (Å²) in [6.07, 6.45) is 4.16. The Morgan fingerprint density at radius 2 is 2.00 bits per heavy atom. The number of nitrogens with zero attached hydrogens (tertiary/aromatic N) is 1. The van der Waals surface area contributed by atoms with Crippen LogP contribution in [0, 0.1) is 0 Å². The van der Waals surface area contributed by atoms with Gasteiger partial charge in [-0.3, -0.25) is 4.90 Å². The van der Waals surface area contributed by atoms with Gasteiger partial charge in [0.05, 0.1) is 17.6 Å². The number of morpholine rings is 1. The molecule has 1 N–H and O–H groups in total. The molecule has 2 fully saturated rings. The standard InChI is InChI=1S/C16H24N2O3S/c1-22(19,20)16-6-2-13(3-7-16)10-17-11-15-12-18(8-9-21-15)14-4-5-14/h2-3,6-7,14-15,17H,4-5,8-12H2,1H3/t15-/m1/s1. The van der Waals surface area contributed by atoms with Crippen molar-refractivity contribution in [3.63, 3.8) is 0 Å². The van der Waals surface area contributed by atoms with Crippen molar-refractivity contribution < 1.29 is 13.2 Å². The SMILES string of the molecule is CS(=O)(=O)c1ccc(CNC[C@@H]2CN(C3CC3)CCO2)cc1. The molecule has 22 heavy (non-hydrogen) atoms. The highest BCUT2D eigenvalue weighted by Crippen LogP contribution is 2.28. The Hall–Kier alpha value is -0.950. The summed E-state index contributed by atoms with van der Waals surface area (Å²) in [6.45, 7) is 4.47. The first kappa shape index (κ1) is 15.9. The first-order chi connectivity index (χ1) is 10.5. The Labute approximate surface area is 132 Å². The summed E-state index contributed by atoms with van der Waals surface area (Å²) in [4.78, 5) is 2.91. The Morgan fingerprint density at radius 1 is 1.27 bits per heavy atom. The van der Waals surface area contributed by atoms with Crippen LogP contribution in [0.1, 0.15) is 18.4 Å². The smallest absolute Gasteiger partial charge is 0.175 e. The number of hydrogen-bond donors (Lipinski definition) is 1. The maximum atomic E-state index is 11.4. The van der Waals surface area contributed by atoms with Gasteiger partial charge in [-0.25, -0.2) is 8.42 Å². The van der Waals surface area contributed by atoms with Crippen molar-refractivity contribution >= 4 is 9.84 Å². The number of hydrogen-bond acceptors (Lipinski definition) is 5. The van der Waals surface area contributed by atoms with Crippen molar-refractivity contribution in [2.24, 2.45) is 0 Å². The quantitative estimate of drug-likeness (QED) is 0.847. The van der Waals surface area contributed by atoms with Crippen LogP contribution >= 0.6 is 0 Å². The maximum Gasteiger partial charge on any atom is 0.175 e. The minimum Gasteiger partial charge on any atom is -0.374 e. The molecule has 3 rings (SSSR count). The average molecular weight is 324 g/mol. The van der Waals surface area contributed by atoms with E-state index < -0.39 is 9.84 Å². The molecular formula is C16H24N2O3S. The summed E-state index contributed by atoms with van der Waals surface area (Å²) < 4.78 is 28.6. The summed E-state index contributed by atoms with van der Waals surface area (Å²) in [5, 5.41) is 3.41. The summed E-state index contributed by atoms with van der Waals surface area (Å²) >= 11 is 0. The number of benzene rings is 1. The minimum atomic E-state index is -3.11. The van der Waals surface area contributed by atoms with E-state index in [-0.39, 0.29) is 6.10 Å². The van der Waals surface area contributed by atoms with E-state index in [0.29, 0.717) is 4.90 Å². The molecule has 0 aromatic heterocycles. The highest BCUT2D eigenvalue weighted by Gasteiger charge is 2.32. The number of nitrogens with one attached hydrogen (secondary N) is 1. The second-order valence-corrected chi connectivity index (χ2v) is 8.28. The number of rotatable bonds is 6. The Kier molecular flexibility index (Phi) is 4.82. The van der Waals surface area contributed by atoms with Gasteiger partial charge in [-0.15, -0.1) is 0 Å². The molecule has 1 heterocycles. The predicted molar refractivity (Wildman–Crippen MR) is 85.6 cm³/mol. The van der Waals surface area contributed by atoms with Crippen LogP contribution in [0.2, 0.25) is 0 Å². The van der Waals surface area contributed by atoms with Crippen molar-refractivity contribution in [3.8, 4) is 0 Å². The maximum absolute atomic E-state index is 11.4. The van der Waals surface area contributed by atoms with Gasteiger partial charge in [0.25, 0.3) is 0 Å². The van der Waals surface area contributed by atoms with Gasteiger partial charge in [0.15, 0.2) is 9.84 Å². The molecule has 0 amide bonds. The Balaban J connectivity index is 1.44. The fraction of sp³-hybridized carbons (Fsp3) is 0.625. The second kappa shape index (κ2) is 6.66. The van der Waals surface area contributed by atoms with Crippen molar-refractivity contribution in [2.45, 2.75) is 36.4 Å². The molecule has 1 saturated heterocycles. The zero-order chi connectivity index (χ0) is 15.6. The highest BCUT2D eigenvalue weighted by atomic mass is 32.2. The van der Waals surface area contributed by atoms with Crippen molar-refractivity contribution in [1.29, 1.82) is 0 Å². The van der Waals surface area contributed by atoms with Crippen LogP contribution in [0.15, 0.2) is 29.2 Å². The largest absolute Gasteiger partial charge is 0.374 e. The molecule has 0 bridgehead atoms. The van der Waals surface area contributed by atoms with Crippen molar-refractivity contribution in [3.05, 3.63) is 29.8 Å². The minimum absolute atomic E-state index is 0.254. The Morgan fingerprint density at radius 3 is 2.64 bits per heavy atom. The highest BCUT2D eigenvalue weighted by molar-refractivity contribution is 7.90. The third-order valence-electron chi connectivity index (χ3n) is 4.29. The normalized spacial score (nSPS) is 23.6. The van der Waals surface area contributed by atoms with Crippen molar-refractivity contribution in [2.75, 3.05) is 32.5 Å². The lowest BCUT2D eigenvalue weighted by atomic mass is 10.2. The molecular weight excluding hydrogens is 300 g/mol. The molecule has 1 atom stereocenters. The second-order valence-electron chi connectivity index (χ2n) is 6.27. The first-order valence-corrected chi connectivity index (χ1v) is 9.77. The van der Waals surface area contributed by atoms with Crippen LogP contribution in [0.25, 0.3) is 0 Å². The van der Waals surface area contributed by atoms with Crippen LogP contribution in [-0.4, -0.2) is 58.0 Å². The zero-order valence-electron chi connectivity index (χ0n) is 13.0. The van der Waals surface area contributed by atoms with E-state index in [9.17, 15) is 8.42 Å². The van der Waals surface area contributed by atoms with E-state index >= 15 is 0 Å². The summed E-state index contributed by atoms with van der Waals surface area (Å²) in [6, 6.07) is 7.86. The van der Waals surface area contributed by atoms with Gasteiger partial charge in [0.1, 0.15) is 0 Å². The number of sulfone groups is 1. The van der Waals surface area contributed by atoms with Gasteiger partial charge in [-0.05, 0) is 30.5 Å². The average Bonchev–Trinajstić information content (AvgIpc) is 3.32. The Bertz CT molecular complexity index is 596. The van der Waals surface area contributed by atoms with E-state index in [4.69, 9.17) is 4.74 Å². The molecule has 1 aliphatic heterocycles. The van der Waals surface area contributed by atoms with E-state index in [2.05, 4.69) is 10.2 Å². The third kappa shape index (κ3) is 4.29. The molecule has 0 unspecified atom stereocenters. The van der Waals surface area contributed by atoms with Gasteiger partial charge in [0.2, 0.25) is 0 Å². The monoisotopic (exact) mass is 324 g/mol. The number of ether oxygens (including phenoxy) is 1. The van der Waals surface area contributed by atoms with Gasteiger partial charge < -0.3 is 10.1 Å². The predicted octanol–water partition coefficient (Wildman–Crippen LogP) is 1.04. The van der Waals surface area contributed by atoms with Crippen LogP contribution < -0.4 is 5.32 Å². The molecule has 0 radical (unpaired) electrons. The van der Waals surface area contributed by atoms with E-state index in [1.54, 1.807) is 12.1 Å². The van der Waals surface area contributed by atoms with Crippen molar-refractivity contribution in [1.82, 2.24) is 10.2 Å². The molecule has 1 aromatic carbocycles. The molecule has 6 heteroatoms. The third-order valence-corrected chi connectivity index (χ3v) is 5.41. The summed E-state index contributed by atoms with van der Waals surface area (Å²) in [5.74, 6) is 0. The summed E-state index contributed by atoms with van der Waals surface area (Å²) in [5.41, 5.74) is 1.09. The first-order valence-electron chi connectivity index (χ1n) is 7.88. The van der Waals surface area contributed by atoms with Crippen LogP contribution in [0.5, 0.6) is 0 Å². The molecule has 0 spiro atoms.